The summed E-state index contributed by atoms with van der Waals surface area (Å²) in [6, 6.07) is 24.9. The summed E-state index contributed by atoms with van der Waals surface area (Å²) in [6.07, 6.45) is -1.67. The van der Waals surface area contributed by atoms with Gasteiger partial charge in [-0.2, -0.15) is 0 Å². The van der Waals surface area contributed by atoms with Gasteiger partial charge in [0, 0.05) is 5.75 Å². The van der Waals surface area contributed by atoms with Gasteiger partial charge in [0.15, 0.2) is 12.2 Å². The Hall–Kier alpha value is -4.08. The van der Waals surface area contributed by atoms with E-state index in [4.69, 9.17) is 9.47 Å². The molecule has 9 heteroatoms. The first-order chi connectivity index (χ1) is 18.4. The highest BCUT2D eigenvalue weighted by Gasteiger charge is 2.70. The Morgan fingerprint density at radius 2 is 1.63 bits per heavy atom. The van der Waals surface area contributed by atoms with E-state index in [0.717, 1.165) is 11.1 Å². The first-order valence-corrected chi connectivity index (χ1v) is 13.2. The Labute approximate surface area is 223 Å². The number of aromatic hydroxyl groups is 1. The number of esters is 1. The summed E-state index contributed by atoms with van der Waals surface area (Å²) in [5.41, 5.74) is 1.44. The number of ether oxygens (including phenoxy) is 2. The molecule has 2 amide bonds. The third-order valence-corrected chi connectivity index (χ3v) is 8.35. The van der Waals surface area contributed by atoms with E-state index in [1.54, 1.807) is 19.1 Å². The van der Waals surface area contributed by atoms with Crippen molar-refractivity contribution in [3.8, 4) is 5.75 Å². The van der Waals surface area contributed by atoms with Crippen molar-refractivity contribution in [2.75, 3.05) is 5.75 Å². The lowest BCUT2D eigenvalue weighted by Gasteiger charge is -2.54. The number of thioether (sulfide) groups is 1. The van der Waals surface area contributed by atoms with Crippen LogP contribution in [0.3, 0.4) is 0 Å². The lowest BCUT2D eigenvalue weighted by atomic mass is 9.98. The molecule has 3 aliphatic heterocycles. The van der Waals surface area contributed by atoms with Gasteiger partial charge in [-0.05, 0) is 41.3 Å². The van der Waals surface area contributed by atoms with Crippen LogP contribution in [0.15, 0.2) is 96.2 Å². The molecule has 3 aliphatic rings. The van der Waals surface area contributed by atoms with Crippen LogP contribution < -0.4 is 5.32 Å². The van der Waals surface area contributed by atoms with Gasteiger partial charge in [0.25, 0.3) is 17.5 Å². The van der Waals surface area contributed by atoms with Crippen LogP contribution in [-0.2, 0) is 23.9 Å². The fourth-order valence-corrected chi connectivity index (χ4v) is 6.37. The van der Waals surface area contributed by atoms with Crippen molar-refractivity contribution in [2.24, 2.45) is 0 Å². The van der Waals surface area contributed by atoms with Crippen LogP contribution in [0.5, 0.6) is 5.75 Å². The second kappa shape index (κ2) is 9.34. The van der Waals surface area contributed by atoms with Gasteiger partial charge in [-0.1, -0.05) is 72.8 Å². The smallest absolute Gasteiger partial charge is 0.356 e. The number of carbonyl (C=O) groups is 3. The maximum atomic E-state index is 13.7. The van der Waals surface area contributed by atoms with Crippen LogP contribution in [0, 0.1) is 0 Å². The van der Waals surface area contributed by atoms with Gasteiger partial charge in [0.1, 0.15) is 16.8 Å². The fourth-order valence-electron chi connectivity index (χ4n) is 5.02. The van der Waals surface area contributed by atoms with E-state index in [-0.39, 0.29) is 11.4 Å². The summed E-state index contributed by atoms with van der Waals surface area (Å²) in [7, 11) is 0. The van der Waals surface area contributed by atoms with Gasteiger partial charge in [0.05, 0.1) is 0 Å². The van der Waals surface area contributed by atoms with Crippen LogP contribution >= 0.6 is 11.8 Å². The van der Waals surface area contributed by atoms with E-state index >= 15 is 0 Å². The molecule has 3 atom stereocenters. The Morgan fingerprint density at radius 1 is 1.03 bits per heavy atom. The minimum Gasteiger partial charge on any atom is -0.508 e. The highest BCUT2D eigenvalue weighted by atomic mass is 32.2. The molecule has 2 saturated heterocycles. The number of carbonyl (C=O) groups excluding carboxylic acids is 3. The van der Waals surface area contributed by atoms with Crippen LogP contribution in [0.25, 0.3) is 0 Å². The van der Waals surface area contributed by atoms with Gasteiger partial charge >= 0.3 is 5.97 Å². The SMILES string of the molecule is CC1=C(C(=O)OC(c2ccccc2)c2ccccc2)N2C(=O)C3(NC(=O)C(c4ccc(O)cc4)O3)[C@H]2SC1. The third kappa shape index (κ3) is 3.86. The summed E-state index contributed by atoms with van der Waals surface area (Å²) in [6.45, 7) is 1.80. The van der Waals surface area contributed by atoms with Crippen molar-refractivity contribution < 1.29 is 29.0 Å². The van der Waals surface area contributed by atoms with Gasteiger partial charge in [-0.25, -0.2) is 4.79 Å². The molecule has 3 aromatic carbocycles. The summed E-state index contributed by atoms with van der Waals surface area (Å²) in [4.78, 5) is 41.4. The first-order valence-electron chi connectivity index (χ1n) is 12.1. The molecule has 0 bridgehead atoms. The van der Waals surface area contributed by atoms with E-state index in [0.29, 0.717) is 16.9 Å². The average Bonchev–Trinajstić information content (AvgIpc) is 3.32. The molecule has 0 aromatic heterocycles. The predicted octanol–water partition coefficient (Wildman–Crippen LogP) is 3.80. The molecule has 2 N–H and O–H groups in total. The number of hydrogen-bond acceptors (Lipinski definition) is 7. The molecular weight excluding hydrogens is 504 g/mol. The zero-order chi connectivity index (χ0) is 26.4. The number of hydrogen-bond donors (Lipinski definition) is 2. The molecular formula is C29H24N2O6S. The van der Waals surface area contributed by atoms with E-state index in [1.165, 1.54) is 28.8 Å². The van der Waals surface area contributed by atoms with Gasteiger partial charge in [-0.3, -0.25) is 14.5 Å². The molecule has 192 valence electrons. The van der Waals surface area contributed by atoms with Gasteiger partial charge < -0.3 is 19.9 Å². The monoisotopic (exact) mass is 528 g/mol. The van der Waals surface area contributed by atoms with Crippen molar-refractivity contribution in [1.29, 1.82) is 0 Å². The molecule has 2 fully saturated rings. The van der Waals surface area contributed by atoms with E-state index in [9.17, 15) is 19.5 Å². The number of phenolic OH excluding ortho intramolecular Hbond substituents is 1. The second-order valence-corrected chi connectivity index (χ2v) is 10.5. The third-order valence-electron chi connectivity index (χ3n) is 6.89. The summed E-state index contributed by atoms with van der Waals surface area (Å²) >= 11 is 1.42. The average molecular weight is 529 g/mol. The standard InChI is InChI=1S/C29H24N2O6S/c1-17-16-38-28-29(30-25(33)24(37-29)20-12-14-21(32)15-13-20)27(35)31(28)22(17)26(34)36-23(18-8-4-2-5-9-18)19-10-6-3-7-11-19/h2-15,23-24,28,32H,16H2,1H3,(H,30,33)/t24?,28-,29?/m1/s1. The molecule has 6 rings (SSSR count). The van der Waals surface area contributed by atoms with Crippen molar-refractivity contribution in [3.63, 3.8) is 0 Å². The van der Waals surface area contributed by atoms with Crippen LogP contribution in [0.4, 0.5) is 0 Å². The lowest BCUT2D eigenvalue weighted by Crippen LogP contribution is -2.78. The topological polar surface area (TPSA) is 105 Å². The summed E-state index contributed by atoms with van der Waals surface area (Å²) in [5, 5.41) is 11.7. The summed E-state index contributed by atoms with van der Waals surface area (Å²) < 4.78 is 12.1. The van der Waals surface area contributed by atoms with Crippen molar-refractivity contribution in [1.82, 2.24) is 10.2 Å². The number of rotatable bonds is 5. The predicted molar refractivity (Wildman–Crippen MR) is 139 cm³/mol. The fraction of sp³-hybridized carbons (Fsp3) is 0.207. The number of fused-ring (bicyclic) bond motifs is 2. The van der Waals surface area contributed by atoms with Crippen LogP contribution in [0.2, 0.25) is 0 Å². The van der Waals surface area contributed by atoms with Crippen molar-refractivity contribution in [2.45, 2.75) is 30.2 Å². The molecule has 2 unspecified atom stereocenters. The molecule has 0 radical (unpaired) electrons. The lowest BCUT2D eigenvalue weighted by molar-refractivity contribution is -0.191. The largest absolute Gasteiger partial charge is 0.508 e. The van der Waals surface area contributed by atoms with Crippen LogP contribution in [0.1, 0.15) is 35.8 Å². The number of phenols is 1. The quantitative estimate of drug-likeness (QED) is 0.383. The highest BCUT2D eigenvalue weighted by Crippen LogP contribution is 2.51. The Bertz CT molecular complexity index is 1400. The normalized spacial score (nSPS) is 24.3. The van der Waals surface area contributed by atoms with Crippen molar-refractivity contribution >= 4 is 29.5 Å². The van der Waals surface area contributed by atoms with Crippen LogP contribution in [-0.4, -0.2) is 44.6 Å². The molecule has 38 heavy (non-hydrogen) atoms. The summed E-state index contributed by atoms with van der Waals surface area (Å²) in [5.74, 6) is -1.07. The van der Waals surface area contributed by atoms with Gasteiger partial charge in [0.2, 0.25) is 0 Å². The molecule has 0 saturated carbocycles. The number of amides is 2. The minimum absolute atomic E-state index is 0.0590. The first kappa shape index (κ1) is 24.3. The number of nitrogens with one attached hydrogen (secondary N) is 1. The Balaban J connectivity index is 1.27. The van der Waals surface area contributed by atoms with Gasteiger partial charge in [-0.15, -0.1) is 11.8 Å². The zero-order valence-corrected chi connectivity index (χ0v) is 21.2. The highest BCUT2D eigenvalue weighted by molar-refractivity contribution is 8.00. The Kier molecular flexibility index (Phi) is 5.97. The maximum absolute atomic E-state index is 13.7. The second-order valence-electron chi connectivity index (χ2n) is 9.39. The maximum Gasteiger partial charge on any atom is 0.356 e. The Morgan fingerprint density at radius 3 is 2.24 bits per heavy atom. The van der Waals surface area contributed by atoms with E-state index < -0.39 is 41.1 Å². The zero-order valence-electron chi connectivity index (χ0n) is 20.4. The van der Waals surface area contributed by atoms with Crippen molar-refractivity contribution in [3.05, 3.63) is 113 Å². The molecule has 8 nitrogen and oxygen atoms in total. The van der Waals surface area contributed by atoms with E-state index in [2.05, 4.69) is 5.32 Å². The molecule has 3 aromatic rings. The van der Waals surface area contributed by atoms with E-state index in [1.807, 2.05) is 60.7 Å². The molecule has 3 heterocycles. The minimum atomic E-state index is -1.57. The number of benzene rings is 3. The molecule has 1 spiro atoms. The molecule has 0 aliphatic carbocycles. The number of nitrogens with zero attached hydrogens (tertiary/aromatic N) is 1. The number of β-lactam (4-membered cyclic amide) rings is 1.